The molecule has 0 amide bonds. The Morgan fingerprint density at radius 1 is 0.565 bits per heavy atom. The van der Waals surface area contributed by atoms with Crippen LogP contribution in [-0.2, 0) is 37.5 Å². The van der Waals surface area contributed by atoms with E-state index in [1.54, 1.807) is 17.6 Å². The Morgan fingerprint density at radius 2 is 1.02 bits per heavy atom. The zero-order chi connectivity index (χ0) is 31.4. The van der Waals surface area contributed by atoms with Crippen molar-refractivity contribution in [1.82, 2.24) is 0 Å². The molecule has 0 aliphatic heterocycles. The quantitative estimate of drug-likeness (QED) is 0.265. The maximum Gasteiger partial charge on any atom is -1.00 e. The van der Waals surface area contributed by atoms with Crippen molar-refractivity contribution in [3.05, 3.63) is 151 Å². The van der Waals surface area contributed by atoms with E-state index in [0.717, 1.165) is 6.42 Å². The van der Waals surface area contributed by atoms with Crippen molar-refractivity contribution in [3.8, 4) is 11.1 Å². The molecule has 0 N–H and O–H groups in total. The van der Waals surface area contributed by atoms with Crippen LogP contribution in [-0.4, -0.2) is 3.21 Å². The van der Waals surface area contributed by atoms with Crippen molar-refractivity contribution >= 4 is 3.21 Å². The van der Waals surface area contributed by atoms with Gasteiger partial charge in [-0.2, -0.15) is 0 Å². The van der Waals surface area contributed by atoms with E-state index in [1.165, 1.54) is 38.9 Å². The monoisotopic (exact) mass is 724 g/mol. The van der Waals surface area contributed by atoms with Gasteiger partial charge in [-0.05, 0) is 0 Å². The largest absolute Gasteiger partial charge is 1.00 e. The second-order valence-corrected chi connectivity index (χ2v) is 22.1. The number of rotatable bonds is 4. The van der Waals surface area contributed by atoms with E-state index >= 15 is 0 Å². The van der Waals surface area contributed by atoms with E-state index in [4.69, 9.17) is 0 Å². The molecular weight excluding hydrogens is 679 g/mol. The van der Waals surface area contributed by atoms with Crippen LogP contribution in [0.3, 0.4) is 0 Å². The van der Waals surface area contributed by atoms with Crippen molar-refractivity contribution in [2.75, 3.05) is 0 Å². The predicted molar refractivity (Wildman–Crippen MR) is 188 cm³/mol. The molecule has 46 heavy (non-hydrogen) atoms. The number of fused-ring (bicyclic) bond motifs is 3. The number of hydrogen-bond donors (Lipinski definition) is 0. The zero-order valence-corrected chi connectivity index (χ0v) is 32.9. The average molecular weight is 727 g/mol. The van der Waals surface area contributed by atoms with Gasteiger partial charge in [-0.3, -0.25) is 0 Å². The number of allylic oxidation sites excluding steroid dienone is 4. The molecule has 0 fully saturated rings. The Morgan fingerprint density at radius 3 is 1.46 bits per heavy atom. The third kappa shape index (κ3) is 7.09. The molecule has 0 spiro atoms. The van der Waals surface area contributed by atoms with Crippen molar-refractivity contribution < 1.29 is 46.1 Å². The van der Waals surface area contributed by atoms with Crippen LogP contribution in [0.1, 0.15) is 111 Å². The summed E-state index contributed by atoms with van der Waals surface area (Å²) in [6.07, 6.45) is 8.26. The SMILES string of the molecule is CC(C)(C)c1ccc(/[C](c2ccccc2)=[Zr+2](\[C]2=CC=CC2)[CH]2c3cc(C(C)(C)C)ccc3-c3ccc(C(C)(C)C)cc32)cc1.[Cl-].[Cl-]. The Bertz CT molecular complexity index is 1740. The summed E-state index contributed by atoms with van der Waals surface area (Å²) in [5.74, 6) is 0. The van der Waals surface area contributed by atoms with Crippen LogP contribution in [0.15, 0.2) is 113 Å². The Hall–Kier alpha value is -2.31. The van der Waals surface area contributed by atoms with E-state index in [0.29, 0.717) is 3.63 Å². The molecule has 0 nitrogen and oxygen atoms in total. The van der Waals surface area contributed by atoms with Gasteiger partial charge in [-0.15, -0.1) is 0 Å². The van der Waals surface area contributed by atoms with Crippen molar-refractivity contribution in [1.29, 1.82) is 0 Å². The summed E-state index contributed by atoms with van der Waals surface area (Å²) in [7, 11) is 0. The van der Waals surface area contributed by atoms with Crippen LogP contribution in [0.5, 0.6) is 0 Å². The topological polar surface area (TPSA) is 0 Å². The number of benzene rings is 4. The van der Waals surface area contributed by atoms with Crippen LogP contribution in [0, 0.1) is 0 Å². The second kappa shape index (κ2) is 13.7. The van der Waals surface area contributed by atoms with Gasteiger partial charge >= 0.3 is 276 Å². The van der Waals surface area contributed by atoms with Crippen molar-refractivity contribution in [3.63, 3.8) is 0 Å². The predicted octanol–water partition coefficient (Wildman–Crippen LogP) is 5.39. The first-order valence-electron chi connectivity index (χ1n) is 16.3. The van der Waals surface area contributed by atoms with Gasteiger partial charge in [0, 0.05) is 0 Å². The second-order valence-electron chi connectivity index (χ2n) is 15.8. The molecule has 0 heterocycles. The third-order valence-corrected chi connectivity index (χ3v) is 17.8. The minimum absolute atomic E-state index is 0. The van der Waals surface area contributed by atoms with Crippen molar-refractivity contribution in [2.45, 2.75) is 88.6 Å². The molecule has 0 atom stereocenters. The Balaban J connectivity index is 0.00000240. The van der Waals surface area contributed by atoms with Crippen molar-refractivity contribution in [2.24, 2.45) is 0 Å². The van der Waals surface area contributed by atoms with Crippen LogP contribution < -0.4 is 24.8 Å². The summed E-state index contributed by atoms with van der Waals surface area (Å²) < 4.78 is 3.72. The third-order valence-electron chi connectivity index (χ3n) is 9.52. The molecule has 2 aliphatic rings. The molecule has 4 aromatic rings. The van der Waals surface area contributed by atoms with Gasteiger partial charge in [0.15, 0.2) is 0 Å². The Kier molecular flexibility index (Phi) is 10.9. The molecule has 0 saturated carbocycles. The zero-order valence-electron chi connectivity index (χ0n) is 28.9. The number of halogens is 2. The maximum atomic E-state index is 2.59. The maximum absolute atomic E-state index is 2.73. The minimum atomic E-state index is -2.73. The molecule has 0 unspecified atom stereocenters. The standard InChI is InChI=1S/C21H25.C17H18.C5H5.2ClH.Zr/c1-20(2,3)16-7-9-18-14(12-16)11-15-13-17(21(4,5)6)8-10-19(15)18;1-17(2,3)16-11-9-15(10-12-16)13-14-7-5-4-6-8-14;1-2-4-5-3-1;;;/h7-13H,1-6H3;4-12H,1-3H3;1-3H,4H2;2*1H;/q;;;;;+2/p-2. The first-order chi connectivity index (χ1) is 20.7. The molecule has 4 aromatic carbocycles. The van der Waals surface area contributed by atoms with Gasteiger partial charge in [0.25, 0.3) is 0 Å². The smallest absolute Gasteiger partial charge is 1.00 e. The van der Waals surface area contributed by atoms with Gasteiger partial charge in [-0.25, -0.2) is 0 Å². The van der Waals surface area contributed by atoms with Crippen LogP contribution in [0.4, 0.5) is 0 Å². The van der Waals surface area contributed by atoms with Gasteiger partial charge < -0.3 is 24.8 Å². The molecule has 2 aliphatic carbocycles. The summed E-state index contributed by atoms with van der Waals surface area (Å²) in [5, 5.41) is 0. The van der Waals surface area contributed by atoms with E-state index < -0.39 is 21.3 Å². The van der Waals surface area contributed by atoms with Gasteiger partial charge in [0.2, 0.25) is 0 Å². The molecule has 238 valence electrons. The molecular formula is C43H48Cl2Zr. The number of hydrogen-bond acceptors (Lipinski definition) is 0. The van der Waals surface area contributed by atoms with Crippen LogP contribution in [0.25, 0.3) is 11.1 Å². The summed E-state index contributed by atoms with van der Waals surface area (Å²) in [6.45, 7) is 21.0. The summed E-state index contributed by atoms with van der Waals surface area (Å²) in [6, 6.07) is 35.8. The molecule has 0 aromatic heterocycles. The fourth-order valence-electron chi connectivity index (χ4n) is 6.86. The molecule has 0 bridgehead atoms. The van der Waals surface area contributed by atoms with Gasteiger partial charge in [-0.1, -0.05) is 0 Å². The Labute approximate surface area is 298 Å². The van der Waals surface area contributed by atoms with E-state index in [9.17, 15) is 0 Å². The van der Waals surface area contributed by atoms with E-state index in [1.807, 2.05) is 0 Å². The fraction of sp³-hybridized carbons (Fsp3) is 0.326. The molecule has 0 saturated heterocycles. The normalized spacial score (nSPS) is 14.5. The minimum Gasteiger partial charge on any atom is -1.00 e. The first kappa shape index (κ1) is 36.5. The molecule has 0 radical (unpaired) electrons. The van der Waals surface area contributed by atoms with Crippen LogP contribution in [0.2, 0.25) is 0 Å². The summed E-state index contributed by atoms with van der Waals surface area (Å²) >= 11 is -2.73. The van der Waals surface area contributed by atoms with Gasteiger partial charge in [0.1, 0.15) is 0 Å². The first-order valence-corrected chi connectivity index (χ1v) is 20.2. The summed E-state index contributed by atoms with van der Waals surface area (Å²) in [4.78, 5) is 0. The average Bonchev–Trinajstić information content (AvgIpc) is 3.61. The van der Waals surface area contributed by atoms with E-state index in [2.05, 4.69) is 172 Å². The van der Waals surface area contributed by atoms with Crippen LogP contribution >= 0.6 is 0 Å². The molecule has 6 rings (SSSR count). The molecule has 3 heteroatoms. The van der Waals surface area contributed by atoms with Gasteiger partial charge in [0.05, 0.1) is 0 Å². The fourth-order valence-corrected chi connectivity index (χ4v) is 15.8. The van der Waals surface area contributed by atoms with E-state index in [-0.39, 0.29) is 41.1 Å². The summed E-state index contributed by atoms with van der Waals surface area (Å²) in [5.41, 5.74) is 13.4.